The van der Waals surface area contributed by atoms with E-state index >= 15 is 0 Å². The molecule has 2 rings (SSSR count). The number of benzene rings is 1. The molecule has 6 nitrogen and oxygen atoms in total. The molecule has 0 aliphatic carbocycles. The second-order valence-electron chi connectivity index (χ2n) is 7.72. The quantitative estimate of drug-likeness (QED) is 0.797. The molecule has 150 valence electrons. The van der Waals surface area contributed by atoms with Gasteiger partial charge in [-0.3, -0.25) is 9.78 Å². The van der Waals surface area contributed by atoms with Gasteiger partial charge in [-0.05, 0) is 38.5 Å². The minimum absolute atomic E-state index is 0.161. The minimum Gasteiger partial charge on any atom is -0.444 e. The first-order valence-electron chi connectivity index (χ1n) is 9.43. The van der Waals surface area contributed by atoms with Crippen molar-refractivity contribution in [2.75, 3.05) is 13.6 Å². The standard InChI is InChI=1S/C22H29N3O3/c1-22(2,3)28-21(27)24-19(16-17-10-6-5-7-11-17)20(26)25(4)15-13-18-12-8-9-14-23-18/h5-12,14,19H,13,15-16H2,1-4H3,(H,24,27)/t19-/m0/s1. The second-order valence-corrected chi connectivity index (χ2v) is 7.72. The number of ether oxygens (including phenoxy) is 1. The summed E-state index contributed by atoms with van der Waals surface area (Å²) in [7, 11) is 1.74. The number of nitrogens with one attached hydrogen (secondary N) is 1. The molecule has 0 saturated carbocycles. The highest BCUT2D eigenvalue weighted by atomic mass is 16.6. The van der Waals surface area contributed by atoms with Gasteiger partial charge in [-0.2, -0.15) is 0 Å². The maximum atomic E-state index is 13.0. The average molecular weight is 383 g/mol. The number of nitrogens with zero attached hydrogens (tertiary/aromatic N) is 2. The molecule has 0 radical (unpaired) electrons. The molecular weight excluding hydrogens is 354 g/mol. The number of hydrogen-bond donors (Lipinski definition) is 1. The van der Waals surface area contributed by atoms with Gasteiger partial charge in [0.25, 0.3) is 0 Å². The van der Waals surface area contributed by atoms with Crippen LogP contribution < -0.4 is 5.32 Å². The highest BCUT2D eigenvalue weighted by Crippen LogP contribution is 2.10. The number of pyridine rings is 1. The Morgan fingerprint density at radius 1 is 1.11 bits per heavy atom. The highest BCUT2D eigenvalue weighted by Gasteiger charge is 2.26. The summed E-state index contributed by atoms with van der Waals surface area (Å²) in [6.45, 7) is 5.88. The molecular formula is C22H29N3O3. The smallest absolute Gasteiger partial charge is 0.408 e. The van der Waals surface area contributed by atoms with E-state index in [0.29, 0.717) is 19.4 Å². The van der Waals surface area contributed by atoms with Crippen molar-refractivity contribution >= 4 is 12.0 Å². The molecule has 0 saturated heterocycles. The van der Waals surface area contributed by atoms with E-state index in [0.717, 1.165) is 11.3 Å². The zero-order valence-corrected chi connectivity index (χ0v) is 17.0. The van der Waals surface area contributed by atoms with E-state index in [1.807, 2.05) is 48.5 Å². The Morgan fingerprint density at radius 2 is 1.79 bits per heavy atom. The van der Waals surface area contributed by atoms with E-state index in [2.05, 4.69) is 10.3 Å². The fourth-order valence-corrected chi connectivity index (χ4v) is 2.70. The van der Waals surface area contributed by atoms with Gasteiger partial charge in [-0.1, -0.05) is 36.4 Å². The van der Waals surface area contributed by atoms with Crippen LogP contribution >= 0.6 is 0 Å². The van der Waals surface area contributed by atoms with Crippen LogP contribution in [-0.4, -0.2) is 47.1 Å². The third-order valence-corrected chi connectivity index (χ3v) is 4.08. The summed E-state index contributed by atoms with van der Waals surface area (Å²) in [5, 5.41) is 2.73. The lowest BCUT2D eigenvalue weighted by Crippen LogP contribution is -2.50. The van der Waals surface area contributed by atoms with Crippen molar-refractivity contribution < 1.29 is 14.3 Å². The monoisotopic (exact) mass is 383 g/mol. The van der Waals surface area contributed by atoms with Crippen LogP contribution in [0.25, 0.3) is 0 Å². The number of hydrogen-bond acceptors (Lipinski definition) is 4. The van der Waals surface area contributed by atoms with Gasteiger partial charge in [0.05, 0.1) is 0 Å². The number of rotatable bonds is 7. The van der Waals surface area contributed by atoms with Crippen LogP contribution in [0, 0.1) is 0 Å². The van der Waals surface area contributed by atoms with Crippen LogP contribution in [0.2, 0.25) is 0 Å². The van der Waals surface area contributed by atoms with Gasteiger partial charge in [0, 0.05) is 38.3 Å². The Balaban J connectivity index is 2.05. The molecule has 0 fully saturated rings. The van der Waals surface area contributed by atoms with Gasteiger partial charge >= 0.3 is 6.09 Å². The molecule has 1 N–H and O–H groups in total. The molecule has 0 aliphatic rings. The Bertz CT molecular complexity index is 758. The normalized spacial score (nSPS) is 12.1. The summed E-state index contributed by atoms with van der Waals surface area (Å²) < 4.78 is 5.33. The molecule has 0 aliphatic heterocycles. The van der Waals surface area contributed by atoms with Crippen molar-refractivity contribution in [1.82, 2.24) is 15.2 Å². The maximum absolute atomic E-state index is 13.0. The number of carbonyl (C=O) groups is 2. The Hall–Kier alpha value is -2.89. The number of likely N-dealkylation sites (N-methyl/N-ethyl adjacent to an activating group) is 1. The van der Waals surface area contributed by atoms with Crippen LogP contribution in [-0.2, 0) is 22.4 Å². The van der Waals surface area contributed by atoms with Crippen LogP contribution in [0.15, 0.2) is 54.7 Å². The van der Waals surface area contributed by atoms with Crippen molar-refractivity contribution in [2.45, 2.75) is 45.3 Å². The van der Waals surface area contributed by atoms with Crippen molar-refractivity contribution in [3.63, 3.8) is 0 Å². The van der Waals surface area contributed by atoms with E-state index in [4.69, 9.17) is 4.74 Å². The Labute approximate surface area is 166 Å². The summed E-state index contributed by atoms with van der Waals surface area (Å²) in [6.07, 6.45) is 2.18. The van der Waals surface area contributed by atoms with Crippen LogP contribution in [0.1, 0.15) is 32.0 Å². The lowest BCUT2D eigenvalue weighted by atomic mass is 10.0. The SMILES string of the molecule is CN(CCc1ccccn1)C(=O)[C@H](Cc1ccccc1)NC(=O)OC(C)(C)C. The zero-order valence-electron chi connectivity index (χ0n) is 17.0. The molecule has 6 heteroatoms. The first-order chi connectivity index (χ1) is 13.2. The maximum Gasteiger partial charge on any atom is 0.408 e. The summed E-state index contributed by atoms with van der Waals surface area (Å²) >= 11 is 0. The van der Waals surface area contributed by atoms with E-state index in [-0.39, 0.29) is 5.91 Å². The predicted octanol–water partition coefficient (Wildman–Crippen LogP) is 3.22. The molecule has 0 bridgehead atoms. The van der Waals surface area contributed by atoms with E-state index in [1.165, 1.54) is 0 Å². The number of alkyl carbamates (subject to hydrolysis) is 1. The fraction of sp³-hybridized carbons (Fsp3) is 0.409. The topological polar surface area (TPSA) is 71.5 Å². The second kappa shape index (κ2) is 9.88. The van der Waals surface area contributed by atoms with Gasteiger partial charge in [-0.25, -0.2) is 4.79 Å². The largest absolute Gasteiger partial charge is 0.444 e. The predicted molar refractivity (Wildman–Crippen MR) is 109 cm³/mol. The Morgan fingerprint density at radius 3 is 2.39 bits per heavy atom. The fourth-order valence-electron chi connectivity index (χ4n) is 2.70. The summed E-state index contributed by atoms with van der Waals surface area (Å²) in [5.41, 5.74) is 1.26. The average Bonchev–Trinajstić information content (AvgIpc) is 2.65. The van der Waals surface area contributed by atoms with E-state index in [9.17, 15) is 9.59 Å². The van der Waals surface area contributed by atoms with Gasteiger partial charge in [0.1, 0.15) is 11.6 Å². The minimum atomic E-state index is -0.703. The van der Waals surface area contributed by atoms with E-state index in [1.54, 1.807) is 38.9 Å². The number of amides is 2. The Kier molecular flexibility index (Phi) is 7.55. The van der Waals surface area contributed by atoms with Crippen molar-refractivity contribution in [3.8, 4) is 0 Å². The van der Waals surface area contributed by atoms with Gasteiger partial charge in [0.15, 0.2) is 0 Å². The third-order valence-electron chi connectivity index (χ3n) is 4.08. The molecule has 0 spiro atoms. The summed E-state index contributed by atoms with van der Waals surface area (Å²) in [4.78, 5) is 31.2. The van der Waals surface area contributed by atoms with Crippen molar-refractivity contribution in [2.24, 2.45) is 0 Å². The number of carbonyl (C=O) groups excluding carboxylic acids is 2. The van der Waals surface area contributed by atoms with Gasteiger partial charge in [0.2, 0.25) is 5.91 Å². The highest BCUT2D eigenvalue weighted by molar-refractivity contribution is 5.86. The summed E-state index contributed by atoms with van der Waals surface area (Å²) in [5.74, 6) is -0.161. The van der Waals surface area contributed by atoms with Crippen LogP contribution in [0.5, 0.6) is 0 Å². The summed E-state index contributed by atoms with van der Waals surface area (Å²) in [6, 6.07) is 14.6. The lowest BCUT2D eigenvalue weighted by Gasteiger charge is -2.26. The molecule has 1 heterocycles. The lowest BCUT2D eigenvalue weighted by molar-refractivity contribution is -0.132. The van der Waals surface area contributed by atoms with Crippen molar-refractivity contribution in [3.05, 3.63) is 66.0 Å². The van der Waals surface area contributed by atoms with Gasteiger partial charge < -0.3 is 15.0 Å². The molecule has 2 aromatic rings. The third kappa shape index (κ3) is 7.39. The molecule has 0 unspecified atom stereocenters. The van der Waals surface area contributed by atoms with Gasteiger partial charge in [-0.15, -0.1) is 0 Å². The zero-order chi connectivity index (χ0) is 20.6. The first kappa shape index (κ1) is 21.4. The van der Waals surface area contributed by atoms with Crippen molar-refractivity contribution in [1.29, 1.82) is 0 Å². The number of aromatic nitrogens is 1. The molecule has 2 amide bonds. The van der Waals surface area contributed by atoms with Crippen LogP contribution in [0.3, 0.4) is 0 Å². The van der Waals surface area contributed by atoms with Crippen LogP contribution in [0.4, 0.5) is 4.79 Å². The molecule has 1 aromatic heterocycles. The van der Waals surface area contributed by atoms with E-state index < -0.39 is 17.7 Å². The molecule has 1 aromatic carbocycles. The molecule has 1 atom stereocenters. The molecule has 28 heavy (non-hydrogen) atoms. The first-order valence-corrected chi connectivity index (χ1v) is 9.43.